The van der Waals surface area contributed by atoms with E-state index in [0.29, 0.717) is 6.04 Å². The summed E-state index contributed by atoms with van der Waals surface area (Å²) in [5, 5.41) is 3.54. The van der Waals surface area contributed by atoms with Crippen molar-refractivity contribution in [1.82, 2.24) is 15.1 Å². The smallest absolute Gasteiger partial charge is 0.117 e. The Balaban J connectivity index is 2.12. The van der Waals surface area contributed by atoms with Crippen LogP contribution in [0.1, 0.15) is 19.6 Å². The summed E-state index contributed by atoms with van der Waals surface area (Å²) in [6.07, 6.45) is 1.76. The Labute approximate surface area is 110 Å². The first-order valence-electron chi connectivity index (χ1n) is 6.63. The lowest BCUT2D eigenvalue weighted by Crippen LogP contribution is -2.64. The molecule has 1 atom stereocenters. The van der Waals surface area contributed by atoms with Crippen molar-refractivity contribution in [2.75, 3.05) is 33.7 Å². The lowest BCUT2D eigenvalue weighted by Gasteiger charge is -2.48. The quantitative estimate of drug-likeness (QED) is 0.876. The third-order valence-corrected chi connectivity index (χ3v) is 3.64. The molecule has 0 radical (unpaired) electrons. The fraction of sp³-hybridized carbons (Fsp3) is 0.714. The number of piperazine rings is 1. The third-order valence-electron chi connectivity index (χ3n) is 3.64. The fourth-order valence-electron chi connectivity index (χ4n) is 2.75. The topological polar surface area (TPSA) is 31.6 Å². The predicted octanol–water partition coefficient (Wildman–Crippen LogP) is 1.39. The number of hydrogen-bond acceptors (Lipinski definition) is 4. The van der Waals surface area contributed by atoms with Gasteiger partial charge in [-0.3, -0.25) is 4.90 Å². The van der Waals surface area contributed by atoms with E-state index >= 15 is 0 Å². The summed E-state index contributed by atoms with van der Waals surface area (Å²) in [4.78, 5) is 4.81. The molecule has 102 valence electrons. The van der Waals surface area contributed by atoms with E-state index in [0.717, 1.165) is 31.9 Å². The van der Waals surface area contributed by atoms with Gasteiger partial charge < -0.3 is 14.6 Å². The normalized spacial score (nSPS) is 24.6. The zero-order valence-electron chi connectivity index (χ0n) is 11.9. The van der Waals surface area contributed by atoms with Gasteiger partial charge in [-0.05, 0) is 40.1 Å². The summed E-state index contributed by atoms with van der Waals surface area (Å²) in [6, 6.07) is 4.55. The molecule has 0 bridgehead atoms. The van der Waals surface area contributed by atoms with Crippen LogP contribution in [0, 0.1) is 0 Å². The zero-order valence-corrected chi connectivity index (χ0v) is 11.9. The maximum absolute atomic E-state index is 5.51. The van der Waals surface area contributed by atoms with E-state index in [4.69, 9.17) is 4.42 Å². The van der Waals surface area contributed by atoms with Gasteiger partial charge >= 0.3 is 0 Å². The van der Waals surface area contributed by atoms with Crippen molar-refractivity contribution in [2.45, 2.75) is 32.0 Å². The van der Waals surface area contributed by atoms with Crippen LogP contribution in [-0.4, -0.2) is 55.1 Å². The third kappa shape index (κ3) is 3.13. The summed E-state index contributed by atoms with van der Waals surface area (Å²) in [7, 11) is 4.26. The van der Waals surface area contributed by atoms with Crippen LogP contribution < -0.4 is 5.32 Å². The van der Waals surface area contributed by atoms with Crippen LogP contribution >= 0.6 is 0 Å². The molecule has 0 saturated carbocycles. The van der Waals surface area contributed by atoms with Gasteiger partial charge in [0.25, 0.3) is 0 Å². The monoisotopic (exact) mass is 251 g/mol. The first kappa shape index (κ1) is 13.6. The number of likely N-dealkylation sites (N-methyl/N-ethyl adjacent to an activating group) is 1. The van der Waals surface area contributed by atoms with E-state index < -0.39 is 0 Å². The molecule has 4 heteroatoms. The molecule has 2 rings (SSSR count). The summed E-state index contributed by atoms with van der Waals surface area (Å²) in [5.74, 6) is 1.05. The van der Waals surface area contributed by atoms with Gasteiger partial charge in [-0.1, -0.05) is 0 Å². The molecule has 1 aliphatic heterocycles. The van der Waals surface area contributed by atoms with Crippen LogP contribution in [0.3, 0.4) is 0 Å². The average molecular weight is 251 g/mol. The zero-order chi connectivity index (χ0) is 13.2. The van der Waals surface area contributed by atoms with Crippen molar-refractivity contribution < 1.29 is 4.42 Å². The summed E-state index contributed by atoms with van der Waals surface area (Å²) < 4.78 is 5.51. The molecule has 0 aromatic carbocycles. The van der Waals surface area contributed by atoms with Gasteiger partial charge in [-0.15, -0.1) is 0 Å². The lowest BCUT2D eigenvalue weighted by molar-refractivity contribution is 0.0129. The van der Waals surface area contributed by atoms with Gasteiger partial charge in [0, 0.05) is 31.2 Å². The summed E-state index contributed by atoms with van der Waals surface area (Å²) in [6.45, 7) is 8.62. The van der Waals surface area contributed by atoms with Crippen molar-refractivity contribution in [2.24, 2.45) is 0 Å². The number of rotatable bonds is 4. The molecule has 2 heterocycles. The number of hydrogen-bond donors (Lipinski definition) is 1. The van der Waals surface area contributed by atoms with Crippen LogP contribution in [0.25, 0.3) is 0 Å². The highest BCUT2D eigenvalue weighted by atomic mass is 16.3. The highest BCUT2D eigenvalue weighted by Gasteiger charge is 2.36. The molecule has 1 unspecified atom stereocenters. The maximum Gasteiger partial charge on any atom is 0.117 e. The second-order valence-electron chi connectivity index (χ2n) is 6.07. The van der Waals surface area contributed by atoms with Crippen LogP contribution in [0.2, 0.25) is 0 Å². The molecule has 1 aliphatic rings. The highest BCUT2D eigenvalue weighted by Crippen LogP contribution is 2.24. The highest BCUT2D eigenvalue weighted by molar-refractivity contribution is 5.03. The van der Waals surface area contributed by atoms with Crippen molar-refractivity contribution >= 4 is 0 Å². The second-order valence-corrected chi connectivity index (χ2v) is 6.07. The molecule has 0 amide bonds. The van der Waals surface area contributed by atoms with Gasteiger partial charge in [0.15, 0.2) is 0 Å². The van der Waals surface area contributed by atoms with Crippen LogP contribution in [0.5, 0.6) is 0 Å². The lowest BCUT2D eigenvalue weighted by atomic mass is 9.95. The van der Waals surface area contributed by atoms with Gasteiger partial charge in [-0.2, -0.15) is 0 Å². The van der Waals surface area contributed by atoms with Crippen molar-refractivity contribution in [3.05, 3.63) is 24.2 Å². The molecular weight excluding hydrogens is 226 g/mol. The van der Waals surface area contributed by atoms with Gasteiger partial charge in [-0.25, -0.2) is 0 Å². The molecule has 0 aliphatic carbocycles. The minimum atomic E-state index is 0.158. The average Bonchev–Trinajstić information content (AvgIpc) is 2.74. The van der Waals surface area contributed by atoms with Crippen LogP contribution in [0.4, 0.5) is 0 Å². The van der Waals surface area contributed by atoms with E-state index in [9.17, 15) is 0 Å². The first-order valence-corrected chi connectivity index (χ1v) is 6.63. The number of nitrogens with zero attached hydrogens (tertiary/aromatic N) is 2. The Bertz CT molecular complexity index is 359. The molecule has 4 nitrogen and oxygen atoms in total. The van der Waals surface area contributed by atoms with E-state index in [2.05, 4.69) is 49.1 Å². The molecule has 0 spiro atoms. The fourth-order valence-corrected chi connectivity index (χ4v) is 2.75. The van der Waals surface area contributed by atoms with Gasteiger partial charge in [0.2, 0.25) is 0 Å². The van der Waals surface area contributed by atoms with Crippen molar-refractivity contribution in [3.8, 4) is 0 Å². The first-order chi connectivity index (χ1) is 8.49. The van der Waals surface area contributed by atoms with Crippen LogP contribution in [-0.2, 0) is 6.54 Å². The Kier molecular flexibility index (Phi) is 4.10. The van der Waals surface area contributed by atoms with Crippen LogP contribution in [0.15, 0.2) is 22.8 Å². The predicted molar refractivity (Wildman–Crippen MR) is 73.5 cm³/mol. The number of furan rings is 1. The molecule has 1 saturated heterocycles. The minimum absolute atomic E-state index is 0.158. The molecule has 1 N–H and O–H groups in total. The van der Waals surface area contributed by atoms with E-state index in [1.807, 2.05) is 6.07 Å². The van der Waals surface area contributed by atoms with Gasteiger partial charge in [0.05, 0.1) is 12.8 Å². The van der Waals surface area contributed by atoms with Crippen molar-refractivity contribution in [3.63, 3.8) is 0 Å². The molecule has 1 aromatic rings. The summed E-state index contributed by atoms with van der Waals surface area (Å²) >= 11 is 0. The maximum atomic E-state index is 5.51. The molecule has 1 fully saturated rings. The Morgan fingerprint density at radius 1 is 1.50 bits per heavy atom. The second kappa shape index (κ2) is 5.43. The molecule has 18 heavy (non-hydrogen) atoms. The molecule has 1 aromatic heterocycles. The Hall–Kier alpha value is -0.840. The standard InChI is InChI=1S/C14H25N3O/c1-14(2)11-15-8-12(9-16(3)4)17(14)10-13-6-5-7-18-13/h5-7,12,15H,8-11H2,1-4H3. The Morgan fingerprint density at radius 2 is 2.28 bits per heavy atom. The number of nitrogens with one attached hydrogen (secondary N) is 1. The van der Waals surface area contributed by atoms with Crippen molar-refractivity contribution in [1.29, 1.82) is 0 Å². The van der Waals surface area contributed by atoms with E-state index in [1.54, 1.807) is 6.26 Å². The Morgan fingerprint density at radius 3 is 2.89 bits per heavy atom. The van der Waals surface area contributed by atoms with Gasteiger partial charge in [0.1, 0.15) is 5.76 Å². The largest absolute Gasteiger partial charge is 0.468 e. The summed E-state index contributed by atoms with van der Waals surface area (Å²) in [5.41, 5.74) is 0.158. The molecular formula is C14H25N3O. The van der Waals surface area contributed by atoms with E-state index in [1.165, 1.54) is 0 Å². The minimum Gasteiger partial charge on any atom is -0.468 e. The van der Waals surface area contributed by atoms with E-state index in [-0.39, 0.29) is 5.54 Å². The SMILES string of the molecule is CN(C)CC1CNCC(C)(C)N1Cc1ccco1.